The summed E-state index contributed by atoms with van der Waals surface area (Å²) in [6.45, 7) is 8.00. The molecule has 15 heavy (non-hydrogen) atoms. The first-order chi connectivity index (χ1) is 7.25. The minimum Gasteiger partial charge on any atom is -0.297 e. The molecule has 0 bridgehead atoms. The van der Waals surface area contributed by atoms with Gasteiger partial charge in [0.2, 0.25) is 0 Å². The summed E-state index contributed by atoms with van der Waals surface area (Å²) in [5.41, 5.74) is 1.27. The Morgan fingerprint density at radius 1 is 1.33 bits per heavy atom. The molecule has 84 valence electrons. The van der Waals surface area contributed by atoms with Crippen LogP contribution in [0, 0.1) is 0 Å². The van der Waals surface area contributed by atoms with E-state index in [1.807, 2.05) is 11.3 Å². The number of thiazole rings is 1. The van der Waals surface area contributed by atoms with E-state index in [1.165, 1.54) is 43.1 Å². The van der Waals surface area contributed by atoms with Crippen LogP contribution < -0.4 is 0 Å². The van der Waals surface area contributed by atoms with Crippen molar-refractivity contribution in [1.29, 1.82) is 0 Å². The molecule has 2 rings (SSSR count). The van der Waals surface area contributed by atoms with Gasteiger partial charge in [-0.3, -0.25) is 4.90 Å². The van der Waals surface area contributed by atoms with Gasteiger partial charge in [0.1, 0.15) is 0 Å². The third kappa shape index (κ3) is 3.02. The van der Waals surface area contributed by atoms with E-state index in [0.717, 1.165) is 6.54 Å². The van der Waals surface area contributed by atoms with E-state index in [1.54, 1.807) is 0 Å². The second-order valence-corrected chi connectivity index (χ2v) is 5.56. The van der Waals surface area contributed by atoms with Gasteiger partial charge in [0.15, 0.2) is 0 Å². The molecule has 3 heteroatoms. The van der Waals surface area contributed by atoms with Gasteiger partial charge in [-0.25, -0.2) is 4.98 Å². The molecule has 0 saturated carbocycles. The molecule has 1 fully saturated rings. The van der Waals surface area contributed by atoms with Gasteiger partial charge >= 0.3 is 0 Å². The zero-order valence-corrected chi connectivity index (χ0v) is 10.5. The zero-order valence-electron chi connectivity index (χ0n) is 9.70. The molecule has 2 heterocycles. The maximum Gasteiger partial charge on any atom is 0.0954 e. The van der Waals surface area contributed by atoms with Crippen molar-refractivity contribution in [3.05, 3.63) is 16.1 Å². The second kappa shape index (κ2) is 5.08. The molecule has 0 aromatic carbocycles. The van der Waals surface area contributed by atoms with Gasteiger partial charge in [-0.15, -0.1) is 11.3 Å². The van der Waals surface area contributed by atoms with Crippen molar-refractivity contribution < 1.29 is 0 Å². The highest BCUT2D eigenvalue weighted by Crippen LogP contribution is 2.20. The van der Waals surface area contributed by atoms with Crippen LogP contribution >= 0.6 is 11.3 Å². The number of piperidine rings is 1. The van der Waals surface area contributed by atoms with Crippen molar-refractivity contribution in [2.45, 2.75) is 45.6 Å². The molecular weight excluding hydrogens is 204 g/mol. The Kier molecular flexibility index (Phi) is 3.76. The van der Waals surface area contributed by atoms with E-state index in [2.05, 4.69) is 29.1 Å². The molecule has 1 aromatic heterocycles. The third-order valence-electron chi connectivity index (χ3n) is 2.90. The van der Waals surface area contributed by atoms with Crippen molar-refractivity contribution in [2.24, 2.45) is 0 Å². The summed E-state index contributed by atoms with van der Waals surface area (Å²) >= 11 is 1.81. The fraction of sp³-hybridized carbons (Fsp3) is 0.750. The number of hydrogen-bond donors (Lipinski definition) is 0. The molecule has 0 spiro atoms. The Bertz CT molecular complexity index is 300. The molecule has 0 atom stereocenters. The minimum atomic E-state index is 0.574. The molecule has 0 aliphatic carbocycles. The standard InChI is InChI=1S/C12H20N2S/c1-10(2)12-13-11(9-15-12)8-14-6-4-3-5-7-14/h9-10H,3-8H2,1-2H3. The van der Waals surface area contributed by atoms with E-state index >= 15 is 0 Å². The SMILES string of the molecule is CC(C)c1nc(CN2CCCCC2)cs1. The Hall–Kier alpha value is -0.410. The van der Waals surface area contributed by atoms with Crippen LogP contribution in [-0.2, 0) is 6.54 Å². The highest BCUT2D eigenvalue weighted by molar-refractivity contribution is 7.09. The molecule has 1 aliphatic heterocycles. The molecule has 0 unspecified atom stereocenters. The van der Waals surface area contributed by atoms with Crippen molar-refractivity contribution in [1.82, 2.24) is 9.88 Å². The van der Waals surface area contributed by atoms with Crippen LogP contribution in [-0.4, -0.2) is 23.0 Å². The molecule has 1 aromatic rings. The van der Waals surface area contributed by atoms with E-state index in [4.69, 9.17) is 0 Å². The van der Waals surface area contributed by atoms with Crippen LogP contribution in [0.25, 0.3) is 0 Å². The lowest BCUT2D eigenvalue weighted by atomic mass is 10.1. The zero-order chi connectivity index (χ0) is 10.7. The van der Waals surface area contributed by atoms with Crippen LogP contribution in [0.2, 0.25) is 0 Å². The lowest BCUT2D eigenvalue weighted by Gasteiger charge is -2.25. The number of aromatic nitrogens is 1. The maximum atomic E-state index is 4.68. The maximum absolute atomic E-state index is 4.68. The summed E-state index contributed by atoms with van der Waals surface area (Å²) in [6, 6.07) is 0. The van der Waals surface area contributed by atoms with Crippen LogP contribution in [0.15, 0.2) is 5.38 Å². The predicted octanol–water partition coefficient (Wildman–Crippen LogP) is 3.25. The summed E-state index contributed by atoms with van der Waals surface area (Å²) < 4.78 is 0. The summed E-state index contributed by atoms with van der Waals surface area (Å²) in [5.74, 6) is 0.574. The van der Waals surface area contributed by atoms with E-state index in [-0.39, 0.29) is 0 Å². The monoisotopic (exact) mass is 224 g/mol. The van der Waals surface area contributed by atoms with Gasteiger partial charge in [-0.2, -0.15) is 0 Å². The molecule has 0 radical (unpaired) electrons. The molecule has 0 N–H and O–H groups in total. The van der Waals surface area contributed by atoms with Gasteiger partial charge in [0.25, 0.3) is 0 Å². The number of likely N-dealkylation sites (tertiary alicyclic amines) is 1. The third-order valence-corrected chi connectivity index (χ3v) is 4.09. The minimum absolute atomic E-state index is 0.574. The first kappa shape index (κ1) is 11.1. The fourth-order valence-corrected chi connectivity index (χ4v) is 2.83. The molecule has 1 saturated heterocycles. The Morgan fingerprint density at radius 2 is 2.07 bits per heavy atom. The normalized spacial score (nSPS) is 18.6. The van der Waals surface area contributed by atoms with Crippen LogP contribution in [0.4, 0.5) is 0 Å². The fourth-order valence-electron chi connectivity index (χ4n) is 2.01. The molecular formula is C12H20N2S. The summed E-state index contributed by atoms with van der Waals surface area (Å²) in [4.78, 5) is 7.21. The highest BCUT2D eigenvalue weighted by Gasteiger charge is 2.12. The quantitative estimate of drug-likeness (QED) is 0.783. The molecule has 1 aliphatic rings. The van der Waals surface area contributed by atoms with Crippen LogP contribution in [0.3, 0.4) is 0 Å². The van der Waals surface area contributed by atoms with Crippen molar-refractivity contribution in [2.75, 3.05) is 13.1 Å². The average molecular weight is 224 g/mol. The van der Waals surface area contributed by atoms with E-state index in [9.17, 15) is 0 Å². The first-order valence-corrected chi connectivity index (χ1v) is 6.80. The first-order valence-electron chi connectivity index (χ1n) is 5.92. The van der Waals surface area contributed by atoms with Crippen LogP contribution in [0.1, 0.15) is 49.7 Å². The van der Waals surface area contributed by atoms with Gasteiger partial charge in [0, 0.05) is 17.8 Å². The average Bonchev–Trinajstić information content (AvgIpc) is 2.68. The van der Waals surface area contributed by atoms with Gasteiger partial charge in [-0.1, -0.05) is 20.3 Å². The smallest absolute Gasteiger partial charge is 0.0954 e. The largest absolute Gasteiger partial charge is 0.297 e. The van der Waals surface area contributed by atoms with Crippen molar-refractivity contribution >= 4 is 11.3 Å². The number of hydrogen-bond acceptors (Lipinski definition) is 3. The van der Waals surface area contributed by atoms with Crippen molar-refractivity contribution in [3.8, 4) is 0 Å². The Labute approximate surface area is 96.3 Å². The van der Waals surface area contributed by atoms with E-state index in [0.29, 0.717) is 5.92 Å². The summed E-state index contributed by atoms with van der Waals surface area (Å²) in [6.07, 6.45) is 4.13. The highest BCUT2D eigenvalue weighted by atomic mass is 32.1. The Balaban J connectivity index is 1.91. The second-order valence-electron chi connectivity index (χ2n) is 4.67. The molecule has 0 amide bonds. The van der Waals surface area contributed by atoms with Crippen molar-refractivity contribution in [3.63, 3.8) is 0 Å². The summed E-state index contributed by atoms with van der Waals surface area (Å²) in [7, 11) is 0. The van der Waals surface area contributed by atoms with Gasteiger partial charge in [0.05, 0.1) is 10.7 Å². The number of rotatable bonds is 3. The van der Waals surface area contributed by atoms with Crippen LogP contribution in [0.5, 0.6) is 0 Å². The van der Waals surface area contributed by atoms with Gasteiger partial charge in [-0.05, 0) is 25.9 Å². The topological polar surface area (TPSA) is 16.1 Å². The van der Waals surface area contributed by atoms with E-state index < -0.39 is 0 Å². The Morgan fingerprint density at radius 3 is 2.67 bits per heavy atom. The summed E-state index contributed by atoms with van der Waals surface area (Å²) in [5, 5.41) is 3.51. The predicted molar refractivity (Wildman–Crippen MR) is 65.3 cm³/mol. The number of nitrogens with zero attached hydrogens (tertiary/aromatic N) is 2. The lowest BCUT2D eigenvalue weighted by molar-refractivity contribution is 0.219. The van der Waals surface area contributed by atoms with Gasteiger partial charge < -0.3 is 0 Å². The molecule has 2 nitrogen and oxygen atoms in total. The lowest BCUT2D eigenvalue weighted by Crippen LogP contribution is -2.29.